The summed E-state index contributed by atoms with van der Waals surface area (Å²) in [5.41, 5.74) is -3.73. The van der Waals surface area contributed by atoms with Gasteiger partial charge in [0.05, 0.1) is 5.75 Å². The van der Waals surface area contributed by atoms with E-state index >= 15 is 0 Å². The minimum Gasteiger partial charge on any atom is -0.317 e. The predicted molar refractivity (Wildman–Crippen MR) is 61.4 cm³/mol. The van der Waals surface area contributed by atoms with Crippen LogP contribution in [0.3, 0.4) is 0 Å². The van der Waals surface area contributed by atoms with Gasteiger partial charge in [-0.2, -0.15) is 26.3 Å². The van der Waals surface area contributed by atoms with E-state index in [0.29, 0.717) is 0 Å². The molecule has 13 heteroatoms. The summed E-state index contributed by atoms with van der Waals surface area (Å²) in [6, 6.07) is 0. The van der Waals surface area contributed by atoms with Crippen LogP contribution in [-0.4, -0.2) is 50.5 Å². The van der Waals surface area contributed by atoms with Crippen molar-refractivity contribution in [1.29, 1.82) is 0 Å². The Morgan fingerprint density at radius 3 is 1.77 bits per heavy atom. The maximum absolute atomic E-state index is 13.2. The van der Waals surface area contributed by atoms with E-state index in [2.05, 4.69) is 0 Å². The van der Waals surface area contributed by atoms with Gasteiger partial charge in [-0.05, 0) is 12.8 Å². The number of halogens is 7. The molecular formula is C9H15F7N2O3S. The lowest BCUT2D eigenvalue weighted by molar-refractivity contribution is -0.343. The summed E-state index contributed by atoms with van der Waals surface area (Å²) < 4.78 is 111. The first kappa shape index (κ1) is 21.3. The molecule has 0 aliphatic carbocycles. The van der Waals surface area contributed by atoms with Crippen LogP contribution >= 0.6 is 0 Å². The summed E-state index contributed by atoms with van der Waals surface area (Å²) in [5.74, 6) is -1.09. The molecule has 0 heterocycles. The van der Waals surface area contributed by atoms with Crippen LogP contribution in [0.2, 0.25) is 0 Å². The molecule has 0 amide bonds. The molecule has 0 rings (SSSR count). The molecule has 0 aliphatic rings. The number of hydroxylamine groups is 1. The van der Waals surface area contributed by atoms with Gasteiger partial charge in [-0.25, -0.2) is 23.0 Å². The minimum atomic E-state index is -6.19. The molecule has 0 saturated heterocycles. The first-order valence-corrected chi connectivity index (χ1v) is 7.59. The minimum absolute atomic E-state index is 0.0261. The topological polar surface area (TPSA) is 78.4 Å². The SMILES string of the molecule is O=S(=O)(CCCC(F)(C(F)(F)F)C(F)(F)F)NCCCNO. The van der Waals surface area contributed by atoms with Crippen molar-refractivity contribution in [3.05, 3.63) is 0 Å². The summed E-state index contributed by atoms with van der Waals surface area (Å²) >= 11 is 0. The second-order valence-electron chi connectivity index (χ2n) is 4.38. The number of nitrogens with one attached hydrogen (secondary N) is 2. The van der Waals surface area contributed by atoms with Crippen molar-refractivity contribution in [2.24, 2.45) is 0 Å². The van der Waals surface area contributed by atoms with Crippen molar-refractivity contribution in [3.63, 3.8) is 0 Å². The zero-order valence-corrected chi connectivity index (χ0v) is 11.9. The van der Waals surface area contributed by atoms with Crippen LogP contribution in [0.15, 0.2) is 0 Å². The number of rotatable bonds is 9. The van der Waals surface area contributed by atoms with Gasteiger partial charge in [-0.3, -0.25) is 0 Å². The molecular weight excluding hydrogens is 349 g/mol. The van der Waals surface area contributed by atoms with Gasteiger partial charge in [-0.15, -0.1) is 0 Å². The van der Waals surface area contributed by atoms with Crippen molar-refractivity contribution in [2.75, 3.05) is 18.8 Å². The van der Waals surface area contributed by atoms with Crippen LogP contribution in [0.5, 0.6) is 0 Å². The third-order valence-corrected chi connectivity index (χ3v) is 4.09. The Labute approximate surface area is 121 Å². The lowest BCUT2D eigenvalue weighted by Gasteiger charge is -2.29. The number of sulfonamides is 1. The summed E-state index contributed by atoms with van der Waals surface area (Å²) in [6.07, 6.45) is -15.4. The van der Waals surface area contributed by atoms with E-state index in [-0.39, 0.29) is 19.5 Å². The van der Waals surface area contributed by atoms with Crippen molar-refractivity contribution in [1.82, 2.24) is 10.2 Å². The quantitative estimate of drug-likeness (QED) is 0.332. The smallest absolute Gasteiger partial charge is 0.317 e. The fourth-order valence-corrected chi connectivity index (χ4v) is 2.54. The normalized spacial score (nSPS) is 14.4. The van der Waals surface area contributed by atoms with E-state index in [1.165, 1.54) is 0 Å². The molecule has 0 aromatic heterocycles. The Kier molecular flexibility index (Phi) is 7.51. The van der Waals surface area contributed by atoms with Gasteiger partial charge in [0.2, 0.25) is 10.0 Å². The van der Waals surface area contributed by atoms with Crippen LogP contribution in [-0.2, 0) is 10.0 Å². The van der Waals surface area contributed by atoms with Crippen molar-refractivity contribution in [3.8, 4) is 0 Å². The van der Waals surface area contributed by atoms with Crippen LogP contribution in [0.4, 0.5) is 30.7 Å². The third kappa shape index (κ3) is 6.22. The fraction of sp³-hybridized carbons (Fsp3) is 1.00. The molecule has 0 atom stereocenters. The molecule has 0 aliphatic heterocycles. The average molecular weight is 364 g/mol. The molecule has 0 unspecified atom stereocenters. The van der Waals surface area contributed by atoms with Gasteiger partial charge in [0.25, 0.3) is 5.67 Å². The van der Waals surface area contributed by atoms with Gasteiger partial charge < -0.3 is 5.21 Å². The molecule has 0 aromatic carbocycles. The van der Waals surface area contributed by atoms with Crippen molar-refractivity contribution in [2.45, 2.75) is 37.3 Å². The second kappa shape index (κ2) is 7.75. The maximum Gasteiger partial charge on any atom is 0.431 e. The monoisotopic (exact) mass is 364 g/mol. The molecule has 134 valence electrons. The average Bonchev–Trinajstić information content (AvgIpc) is 2.31. The second-order valence-corrected chi connectivity index (χ2v) is 6.30. The van der Waals surface area contributed by atoms with Gasteiger partial charge >= 0.3 is 12.4 Å². The number of alkyl halides is 7. The Morgan fingerprint density at radius 1 is 0.864 bits per heavy atom. The molecule has 5 nitrogen and oxygen atoms in total. The van der Waals surface area contributed by atoms with Crippen molar-refractivity contribution >= 4 is 10.0 Å². The first-order chi connectivity index (χ1) is 9.77. The van der Waals surface area contributed by atoms with Gasteiger partial charge in [0.1, 0.15) is 0 Å². The third-order valence-electron chi connectivity index (χ3n) is 2.62. The number of hydrogen-bond acceptors (Lipinski definition) is 4. The highest BCUT2D eigenvalue weighted by molar-refractivity contribution is 7.89. The Morgan fingerprint density at radius 2 is 1.36 bits per heavy atom. The zero-order valence-electron chi connectivity index (χ0n) is 11.1. The Bertz CT molecular complexity index is 421. The van der Waals surface area contributed by atoms with Gasteiger partial charge in [-0.1, -0.05) is 0 Å². The highest BCUT2D eigenvalue weighted by atomic mass is 32.2. The van der Waals surface area contributed by atoms with Crippen LogP contribution in [0, 0.1) is 0 Å². The Balaban J connectivity index is 4.59. The van der Waals surface area contributed by atoms with E-state index in [1.54, 1.807) is 5.48 Å². The molecule has 22 heavy (non-hydrogen) atoms. The lowest BCUT2D eigenvalue weighted by Crippen LogP contribution is -2.53. The van der Waals surface area contributed by atoms with E-state index in [1.807, 2.05) is 4.72 Å². The summed E-state index contributed by atoms with van der Waals surface area (Å²) in [7, 11) is -4.14. The molecule has 0 bridgehead atoms. The first-order valence-electron chi connectivity index (χ1n) is 5.93. The maximum atomic E-state index is 13.2. The van der Waals surface area contributed by atoms with E-state index in [0.717, 1.165) is 0 Å². The highest BCUT2D eigenvalue weighted by Gasteiger charge is 2.71. The largest absolute Gasteiger partial charge is 0.431 e. The van der Waals surface area contributed by atoms with E-state index in [4.69, 9.17) is 5.21 Å². The number of hydrogen-bond donors (Lipinski definition) is 3. The van der Waals surface area contributed by atoms with Gasteiger partial charge in [0, 0.05) is 19.5 Å². The molecule has 0 saturated carbocycles. The molecule has 0 aromatic rings. The van der Waals surface area contributed by atoms with E-state index < -0.39 is 46.6 Å². The lowest BCUT2D eigenvalue weighted by atomic mass is 9.99. The predicted octanol–water partition coefficient (Wildman–Crippen LogP) is 1.89. The van der Waals surface area contributed by atoms with Crippen LogP contribution in [0.1, 0.15) is 19.3 Å². The van der Waals surface area contributed by atoms with Crippen molar-refractivity contribution < 1.29 is 44.4 Å². The van der Waals surface area contributed by atoms with Crippen LogP contribution in [0.25, 0.3) is 0 Å². The molecule has 3 N–H and O–H groups in total. The molecule has 0 spiro atoms. The van der Waals surface area contributed by atoms with Gasteiger partial charge in [0.15, 0.2) is 0 Å². The Hall–Kier alpha value is -0.660. The summed E-state index contributed by atoms with van der Waals surface area (Å²) in [4.78, 5) is 0. The molecule has 0 radical (unpaired) electrons. The summed E-state index contributed by atoms with van der Waals surface area (Å²) in [5, 5.41) is 8.20. The summed E-state index contributed by atoms with van der Waals surface area (Å²) in [6.45, 7) is -0.159. The van der Waals surface area contributed by atoms with Crippen LogP contribution < -0.4 is 10.2 Å². The zero-order chi connectivity index (χ0) is 17.7. The fourth-order valence-electron chi connectivity index (χ4n) is 1.42. The molecule has 0 fully saturated rings. The van der Waals surface area contributed by atoms with E-state index in [9.17, 15) is 39.2 Å². The standard InChI is InChI=1S/C9H15F7N2O3S/c10-7(8(11,12)13,9(14,15)16)3-1-6-22(20,21)18-5-2-4-17-19/h17-19H,1-6H2. The highest BCUT2D eigenvalue weighted by Crippen LogP contribution is 2.48.